The van der Waals surface area contributed by atoms with E-state index < -0.39 is 0 Å². The molecule has 0 bridgehead atoms. The summed E-state index contributed by atoms with van der Waals surface area (Å²) in [5.41, 5.74) is 2.35. The van der Waals surface area contributed by atoms with Gasteiger partial charge in [-0.3, -0.25) is 9.78 Å². The van der Waals surface area contributed by atoms with Gasteiger partial charge in [0.05, 0.1) is 5.56 Å². The van der Waals surface area contributed by atoms with Crippen LogP contribution in [0.15, 0.2) is 65.3 Å². The molecule has 0 aliphatic rings. The van der Waals surface area contributed by atoms with Crippen molar-refractivity contribution in [3.63, 3.8) is 0 Å². The molecule has 3 aromatic rings. The Bertz CT molecular complexity index is 905. The lowest BCUT2D eigenvalue weighted by molar-refractivity contribution is 0.0943. The molecule has 0 aliphatic carbocycles. The van der Waals surface area contributed by atoms with Crippen molar-refractivity contribution in [1.29, 1.82) is 0 Å². The third-order valence-electron chi connectivity index (χ3n) is 3.61. The molecule has 1 aromatic carbocycles. The highest BCUT2D eigenvalue weighted by Gasteiger charge is 2.16. The van der Waals surface area contributed by atoms with Crippen LogP contribution in [0.5, 0.6) is 0 Å². The van der Waals surface area contributed by atoms with Crippen LogP contribution < -0.4 is 10.6 Å². The van der Waals surface area contributed by atoms with E-state index in [1.807, 2.05) is 6.92 Å². The highest BCUT2D eigenvalue weighted by atomic mass is 16.4. The molecule has 0 aliphatic heterocycles. The Hall–Kier alpha value is -3.48. The van der Waals surface area contributed by atoms with Crippen LogP contribution in [0.1, 0.15) is 23.7 Å². The molecule has 2 aromatic heterocycles. The van der Waals surface area contributed by atoms with Gasteiger partial charge in [0.25, 0.3) is 11.9 Å². The molecule has 1 unspecified atom stereocenters. The van der Waals surface area contributed by atoms with Crippen molar-refractivity contribution < 1.29 is 9.21 Å². The number of rotatable bonds is 6. The monoisotopic (exact) mass is 365 g/mol. The summed E-state index contributed by atoms with van der Waals surface area (Å²) in [7, 11) is 1.71. The molecule has 0 fully saturated rings. The van der Waals surface area contributed by atoms with Crippen LogP contribution in [-0.2, 0) is 0 Å². The summed E-state index contributed by atoms with van der Waals surface area (Å²) in [4.78, 5) is 24.8. The Balaban J connectivity index is 0.00000126. The van der Waals surface area contributed by atoms with E-state index in [0.29, 0.717) is 29.1 Å². The molecule has 7 nitrogen and oxygen atoms in total. The number of anilines is 2. The van der Waals surface area contributed by atoms with Gasteiger partial charge in [-0.1, -0.05) is 6.07 Å². The lowest BCUT2D eigenvalue weighted by Crippen LogP contribution is -2.32. The number of pyridine rings is 1. The van der Waals surface area contributed by atoms with E-state index in [-0.39, 0.29) is 11.9 Å². The molecule has 3 rings (SSSR count). The molecular weight excluding hydrogens is 342 g/mol. The van der Waals surface area contributed by atoms with E-state index in [4.69, 9.17) is 4.42 Å². The normalized spacial score (nSPS) is 11.6. The highest BCUT2D eigenvalue weighted by Crippen LogP contribution is 2.24. The largest absolute Gasteiger partial charge is 0.423 e. The number of amides is 1. The number of aliphatic imine (C=N–C) groups is 1. The van der Waals surface area contributed by atoms with Crippen LogP contribution in [0.4, 0.5) is 11.7 Å². The van der Waals surface area contributed by atoms with E-state index in [0.717, 1.165) is 5.69 Å². The minimum absolute atomic E-state index is 0.0206. The predicted molar refractivity (Wildman–Crippen MR) is 109 cm³/mol. The third kappa shape index (κ3) is 5.24. The van der Waals surface area contributed by atoms with Crippen molar-refractivity contribution in [2.45, 2.75) is 19.4 Å². The Morgan fingerprint density at radius 3 is 2.74 bits per heavy atom. The predicted octanol–water partition coefficient (Wildman–Crippen LogP) is 3.98. The Morgan fingerprint density at radius 2 is 2.04 bits per heavy atom. The summed E-state index contributed by atoms with van der Waals surface area (Å²) < 4.78 is 5.69. The van der Waals surface area contributed by atoms with Crippen molar-refractivity contribution in [2.75, 3.05) is 12.4 Å². The van der Waals surface area contributed by atoms with Gasteiger partial charge in [-0.15, -0.1) is 13.2 Å². The van der Waals surface area contributed by atoms with Crippen LogP contribution in [0.25, 0.3) is 11.1 Å². The van der Waals surface area contributed by atoms with Gasteiger partial charge in [-0.05, 0) is 31.2 Å². The van der Waals surface area contributed by atoms with E-state index in [9.17, 15) is 4.79 Å². The van der Waals surface area contributed by atoms with Gasteiger partial charge in [0.15, 0.2) is 5.58 Å². The summed E-state index contributed by atoms with van der Waals surface area (Å²) in [5, 5.41) is 6.00. The number of carbonyl (C=O) groups excluding carboxylic acids is 1. The van der Waals surface area contributed by atoms with Crippen molar-refractivity contribution in [2.24, 2.45) is 4.99 Å². The van der Waals surface area contributed by atoms with Crippen LogP contribution in [0.2, 0.25) is 0 Å². The van der Waals surface area contributed by atoms with E-state index in [1.165, 1.54) is 0 Å². The summed E-state index contributed by atoms with van der Waals surface area (Å²) in [5.74, 6) is -0.189. The van der Waals surface area contributed by atoms with E-state index in [2.05, 4.69) is 38.8 Å². The number of hydrogen-bond donors (Lipinski definition) is 2. The zero-order valence-corrected chi connectivity index (χ0v) is 15.5. The molecule has 1 amide bonds. The second kappa shape index (κ2) is 9.86. The topological polar surface area (TPSA) is 92.4 Å². The van der Waals surface area contributed by atoms with Gasteiger partial charge >= 0.3 is 0 Å². The molecule has 140 valence electrons. The Morgan fingerprint density at radius 1 is 1.30 bits per heavy atom. The molecule has 27 heavy (non-hydrogen) atoms. The van der Waals surface area contributed by atoms with Gasteiger partial charge in [-0.25, -0.2) is 0 Å². The van der Waals surface area contributed by atoms with Gasteiger partial charge in [0.2, 0.25) is 0 Å². The minimum atomic E-state index is -0.189. The van der Waals surface area contributed by atoms with Crippen molar-refractivity contribution >= 4 is 34.9 Å². The third-order valence-corrected chi connectivity index (χ3v) is 3.61. The molecule has 0 radical (unpaired) electrons. The van der Waals surface area contributed by atoms with Crippen molar-refractivity contribution in [1.82, 2.24) is 15.3 Å². The fourth-order valence-corrected chi connectivity index (χ4v) is 2.37. The zero-order chi connectivity index (χ0) is 19.6. The summed E-state index contributed by atoms with van der Waals surface area (Å²) in [6, 6.07) is 9.21. The number of nitrogens with one attached hydrogen (secondary N) is 2. The second-order valence-electron chi connectivity index (χ2n) is 5.58. The SMILES string of the molecule is C=C.CN=CCC(C)NC(=O)c1cccc2oc(Nc3ccncc3)nc12. The Kier molecular flexibility index (Phi) is 7.25. The first kappa shape index (κ1) is 19.8. The smallest absolute Gasteiger partial charge is 0.300 e. The molecule has 0 saturated heterocycles. The average Bonchev–Trinajstić information content (AvgIpc) is 3.11. The molecule has 2 heterocycles. The number of aromatic nitrogens is 2. The number of hydrogen-bond acceptors (Lipinski definition) is 6. The quantitative estimate of drug-likeness (QED) is 0.509. The number of fused-ring (bicyclic) bond motifs is 1. The van der Waals surface area contributed by atoms with Crippen LogP contribution in [0, 0.1) is 0 Å². The van der Waals surface area contributed by atoms with Gasteiger partial charge in [0.1, 0.15) is 5.52 Å². The van der Waals surface area contributed by atoms with Gasteiger partial charge in [0, 0.05) is 43.8 Å². The first-order valence-corrected chi connectivity index (χ1v) is 8.45. The first-order valence-electron chi connectivity index (χ1n) is 8.45. The van der Waals surface area contributed by atoms with Crippen LogP contribution >= 0.6 is 0 Å². The standard InChI is InChI=1S/C18H19N5O2.C2H4/c1-12(6-9-19-2)21-17(24)14-4-3-5-15-16(14)23-18(25-15)22-13-7-10-20-11-8-13;1-2/h3-5,7-12H,6H2,1-2H3,(H,21,24)(H,20,22,23);1-2H2. The fourth-order valence-electron chi connectivity index (χ4n) is 2.37. The zero-order valence-electron chi connectivity index (χ0n) is 15.5. The summed E-state index contributed by atoms with van der Waals surface area (Å²) >= 11 is 0. The van der Waals surface area contributed by atoms with Crippen molar-refractivity contribution in [3.05, 3.63) is 61.4 Å². The number of benzene rings is 1. The summed E-state index contributed by atoms with van der Waals surface area (Å²) in [6.07, 6.45) is 5.79. The van der Waals surface area contributed by atoms with E-state index >= 15 is 0 Å². The molecule has 7 heteroatoms. The maximum Gasteiger partial charge on any atom is 0.300 e. The maximum atomic E-state index is 12.5. The number of nitrogens with zero attached hydrogens (tertiary/aromatic N) is 3. The molecule has 0 spiro atoms. The lowest BCUT2D eigenvalue weighted by atomic mass is 10.1. The lowest BCUT2D eigenvalue weighted by Gasteiger charge is -2.11. The van der Waals surface area contributed by atoms with Gasteiger partial charge < -0.3 is 20.0 Å². The fraction of sp³-hybridized carbons (Fsp3) is 0.200. The van der Waals surface area contributed by atoms with Crippen molar-refractivity contribution in [3.8, 4) is 0 Å². The van der Waals surface area contributed by atoms with Gasteiger partial charge in [-0.2, -0.15) is 4.98 Å². The average molecular weight is 365 g/mol. The molecule has 2 N–H and O–H groups in total. The second-order valence-corrected chi connectivity index (χ2v) is 5.58. The number of oxazole rings is 1. The first-order chi connectivity index (χ1) is 13.2. The minimum Gasteiger partial charge on any atom is -0.423 e. The van der Waals surface area contributed by atoms with Crippen LogP contribution in [0.3, 0.4) is 0 Å². The molecular formula is C20H23N5O2. The maximum absolute atomic E-state index is 12.5. The summed E-state index contributed by atoms with van der Waals surface area (Å²) in [6.45, 7) is 7.93. The number of para-hydroxylation sites is 1. The van der Waals surface area contributed by atoms with E-state index in [1.54, 1.807) is 56.0 Å². The molecule has 0 saturated carbocycles. The number of carbonyl (C=O) groups is 1. The Labute approximate surface area is 158 Å². The van der Waals surface area contributed by atoms with Crippen LogP contribution in [-0.4, -0.2) is 35.2 Å². The molecule has 1 atom stereocenters. The highest BCUT2D eigenvalue weighted by molar-refractivity contribution is 6.05.